The molecule has 1 aliphatic heterocycles. The van der Waals surface area contributed by atoms with Crippen molar-refractivity contribution in [2.24, 2.45) is 0 Å². The third-order valence-corrected chi connectivity index (χ3v) is 3.48. The first kappa shape index (κ1) is 11.3. The number of nitrogens with zero attached hydrogens (tertiary/aromatic N) is 2. The summed E-state index contributed by atoms with van der Waals surface area (Å²) in [6.07, 6.45) is 4.63. The maximum atomic E-state index is 10.7. The van der Waals surface area contributed by atoms with Gasteiger partial charge in [0.15, 0.2) is 12.2 Å². The van der Waals surface area contributed by atoms with Crippen LogP contribution in [0.3, 0.4) is 0 Å². The van der Waals surface area contributed by atoms with Crippen molar-refractivity contribution in [3.8, 4) is 0 Å². The van der Waals surface area contributed by atoms with Crippen molar-refractivity contribution >= 4 is 5.69 Å². The van der Waals surface area contributed by atoms with E-state index in [1.807, 2.05) is 18.2 Å². The van der Waals surface area contributed by atoms with Crippen molar-refractivity contribution in [2.75, 3.05) is 18.0 Å². The van der Waals surface area contributed by atoms with E-state index in [0.29, 0.717) is 18.7 Å². The van der Waals surface area contributed by atoms with Crippen LogP contribution in [0.2, 0.25) is 0 Å². The van der Waals surface area contributed by atoms with Crippen molar-refractivity contribution in [2.45, 2.75) is 18.4 Å². The van der Waals surface area contributed by atoms with E-state index in [1.54, 1.807) is 6.20 Å². The summed E-state index contributed by atoms with van der Waals surface area (Å²) in [6, 6.07) is 10.1. The van der Waals surface area contributed by atoms with E-state index in [9.17, 15) is 5.11 Å². The molecule has 0 spiro atoms. The van der Waals surface area contributed by atoms with Gasteiger partial charge in [0.2, 0.25) is 0 Å². The lowest BCUT2D eigenvalue weighted by Gasteiger charge is -2.39. The number of oxazole rings is 1. The second kappa shape index (κ2) is 4.46. The molecule has 0 radical (unpaired) electrons. The first-order valence-corrected chi connectivity index (χ1v) is 6.19. The molecule has 1 unspecified atom stereocenters. The number of anilines is 1. The van der Waals surface area contributed by atoms with Gasteiger partial charge in [-0.3, -0.25) is 0 Å². The minimum Gasteiger partial charge on any atom is -0.445 e. The van der Waals surface area contributed by atoms with Crippen LogP contribution in [0.15, 0.2) is 47.3 Å². The van der Waals surface area contributed by atoms with Gasteiger partial charge in [0.25, 0.3) is 0 Å². The molecular formula is C14H16N2O2. The first-order chi connectivity index (χ1) is 8.78. The molecule has 94 valence electrons. The van der Waals surface area contributed by atoms with Crippen molar-refractivity contribution < 1.29 is 9.52 Å². The number of rotatable bonds is 2. The average molecular weight is 244 g/mol. The van der Waals surface area contributed by atoms with E-state index in [1.165, 1.54) is 6.39 Å². The highest BCUT2D eigenvalue weighted by atomic mass is 16.4. The summed E-state index contributed by atoms with van der Waals surface area (Å²) < 4.78 is 5.27. The van der Waals surface area contributed by atoms with Crippen molar-refractivity contribution in [1.82, 2.24) is 4.98 Å². The topological polar surface area (TPSA) is 49.5 Å². The number of hydrogen-bond acceptors (Lipinski definition) is 4. The van der Waals surface area contributed by atoms with Crippen molar-refractivity contribution in [3.63, 3.8) is 0 Å². The Balaban J connectivity index is 1.84. The van der Waals surface area contributed by atoms with Gasteiger partial charge >= 0.3 is 0 Å². The molecule has 0 bridgehead atoms. The molecule has 3 rings (SSSR count). The van der Waals surface area contributed by atoms with Crippen LogP contribution >= 0.6 is 0 Å². The molecule has 0 saturated carbocycles. The van der Waals surface area contributed by atoms with Crippen LogP contribution in [0, 0.1) is 0 Å². The summed E-state index contributed by atoms with van der Waals surface area (Å²) in [4.78, 5) is 6.08. The molecule has 0 amide bonds. The monoisotopic (exact) mass is 244 g/mol. The van der Waals surface area contributed by atoms with E-state index in [2.05, 4.69) is 22.0 Å². The first-order valence-electron chi connectivity index (χ1n) is 6.19. The number of aliphatic hydroxyl groups is 1. The number of para-hydroxylation sites is 1. The van der Waals surface area contributed by atoms with E-state index >= 15 is 0 Å². The molecule has 1 N–H and O–H groups in total. The van der Waals surface area contributed by atoms with Crippen LogP contribution in [0.1, 0.15) is 18.6 Å². The number of benzene rings is 1. The summed E-state index contributed by atoms with van der Waals surface area (Å²) in [6.45, 7) is 1.51. The Bertz CT molecular complexity index is 498. The Kier molecular flexibility index (Phi) is 2.80. The molecule has 4 heteroatoms. The lowest BCUT2D eigenvalue weighted by Crippen LogP contribution is -2.46. The average Bonchev–Trinajstić information content (AvgIpc) is 2.95. The summed E-state index contributed by atoms with van der Waals surface area (Å²) in [5.41, 5.74) is 0.208. The highest BCUT2D eigenvalue weighted by Gasteiger charge is 2.37. The fourth-order valence-corrected chi connectivity index (χ4v) is 2.54. The summed E-state index contributed by atoms with van der Waals surface area (Å²) >= 11 is 0. The minimum atomic E-state index is -0.926. The maximum Gasteiger partial charge on any atom is 0.181 e. The molecule has 1 aromatic carbocycles. The Morgan fingerprint density at radius 1 is 1.28 bits per heavy atom. The second-order valence-corrected chi connectivity index (χ2v) is 4.76. The minimum absolute atomic E-state index is 0.548. The van der Waals surface area contributed by atoms with E-state index in [4.69, 9.17) is 4.42 Å². The van der Waals surface area contributed by atoms with Crippen LogP contribution in [-0.2, 0) is 5.60 Å². The molecule has 0 aliphatic carbocycles. The van der Waals surface area contributed by atoms with Gasteiger partial charge in [-0.05, 0) is 25.0 Å². The SMILES string of the molecule is OC1(c2cnco2)CCCN(c2ccccc2)C1. The molecule has 1 saturated heterocycles. The summed E-state index contributed by atoms with van der Waals surface area (Å²) in [5, 5.41) is 10.7. The number of β-amino-alcohol motifs (C(OH)–C–C–N with tert-alkyl or cyclic N) is 1. The fourth-order valence-electron chi connectivity index (χ4n) is 2.54. The van der Waals surface area contributed by atoms with Gasteiger partial charge in [-0.25, -0.2) is 4.98 Å². The van der Waals surface area contributed by atoms with E-state index < -0.39 is 5.60 Å². The highest BCUT2D eigenvalue weighted by molar-refractivity contribution is 5.47. The molecular weight excluding hydrogens is 228 g/mol. The Morgan fingerprint density at radius 3 is 2.83 bits per heavy atom. The van der Waals surface area contributed by atoms with Gasteiger partial charge < -0.3 is 14.4 Å². The molecule has 18 heavy (non-hydrogen) atoms. The quantitative estimate of drug-likeness (QED) is 0.879. The fraction of sp³-hybridized carbons (Fsp3) is 0.357. The van der Waals surface area contributed by atoms with E-state index in [0.717, 1.165) is 18.7 Å². The summed E-state index contributed by atoms with van der Waals surface area (Å²) in [7, 11) is 0. The third-order valence-electron chi connectivity index (χ3n) is 3.48. The molecule has 2 heterocycles. The third kappa shape index (κ3) is 1.99. The zero-order valence-electron chi connectivity index (χ0n) is 10.1. The largest absolute Gasteiger partial charge is 0.445 e. The summed E-state index contributed by atoms with van der Waals surface area (Å²) in [5.74, 6) is 0.558. The zero-order valence-corrected chi connectivity index (χ0v) is 10.1. The Morgan fingerprint density at radius 2 is 2.11 bits per heavy atom. The Hall–Kier alpha value is -1.81. The molecule has 1 fully saturated rings. The van der Waals surface area contributed by atoms with Crippen molar-refractivity contribution in [1.29, 1.82) is 0 Å². The van der Waals surface area contributed by atoms with Crippen LogP contribution in [0.4, 0.5) is 5.69 Å². The second-order valence-electron chi connectivity index (χ2n) is 4.76. The number of aromatic nitrogens is 1. The predicted octanol–water partition coefficient (Wildman–Crippen LogP) is 2.16. The number of hydrogen-bond donors (Lipinski definition) is 1. The zero-order chi connectivity index (χ0) is 12.4. The molecule has 1 atom stereocenters. The van der Waals surface area contributed by atoms with Crippen LogP contribution in [-0.4, -0.2) is 23.2 Å². The van der Waals surface area contributed by atoms with E-state index in [-0.39, 0.29) is 0 Å². The highest BCUT2D eigenvalue weighted by Crippen LogP contribution is 2.33. The van der Waals surface area contributed by atoms with Gasteiger partial charge in [0.1, 0.15) is 5.60 Å². The molecule has 4 nitrogen and oxygen atoms in total. The van der Waals surface area contributed by atoms with Gasteiger partial charge in [0.05, 0.1) is 12.7 Å². The normalized spacial score (nSPS) is 24.2. The van der Waals surface area contributed by atoms with Crippen LogP contribution in [0.25, 0.3) is 0 Å². The van der Waals surface area contributed by atoms with Gasteiger partial charge in [0, 0.05) is 12.2 Å². The molecule has 2 aromatic rings. The molecule has 1 aromatic heterocycles. The Labute approximate surface area is 106 Å². The number of piperidine rings is 1. The van der Waals surface area contributed by atoms with Crippen LogP contribution < -0.4 is 4.90 Å². The van der Waals surface area contributed by atoms with Gasteiger partial charge in [-0.1, -0.05) is 18.2 Å². The van der Waals surface area contributed by atoms with Crippen LogP contribution in [0.5, 0.6) is 0 Å². The smallest absolute Gasteiger partial charge is 0.181 e. The maximum absolute atomic E-state index is 10.7. The lowest BCUT2D eigenvalue weighted by molar-refractivity contribution is 0.00151. The van der Waals surface area contributed by atoms with Gasteiger partial charge in [-0.15, -0.1) is 0 Å². The standard InChI is InChI=1S/C14H16N2O2/c17-14(13-9-15-11-18-13)7-4-8-16(10-14)12-5-2-1-3-6-12/h1-3,5-6,9,11,17H,4,7-8,10H2. The lowest BCUT2D eigenvalue weighted by atomic mass is 9.90. The van der Waals surface area contributed by atoms with Crippen molar-refractivity contribution in [3.05, 3.63) is 48.7 Å². The van der Waals surface area contributed by atoms with Gasteiger partial charge in [-0.2, -0.15) is 0 Å². The molecule has 1 aliphatic rings. The predicted molar refractivity (Wildman–Crippen MR) is 68.3 cm³/mol.